The van der Waals surface area contributed by atoms with Crippen LogP contribution in [0.1, 0.15) is 13.3 Å². The van der Waals surface area contributed by atoms with Crippen LogP contribution >= 0.6 is 0 Å². The van der Waals surface area contributed by atoms with Crippen molar-refractivity contribution in [3.63, 3.8) is 0 Å². The van der Waals surface area contributed by atoms with Crippen molar-refractivity contribution >= 4 is 11.9 Å². The molecule has 5 nitrogen and oxygen atoms in total. The van der Waals surface area contributed by atoms with Crippen LogP contribution in [0.5, 0.6) is 0 Å². The predicted molar refractivity (Wildman–Crippen MR) is 34.0 cm³/mol. The van der Waals surface area contributed by atoms with Gasteiger partial charge in [0, 0.05) is 0 Å². The van der Waals surface area contributed by atoms with E-state index >= 15 is 0 Å². The second kappa shape index (κ2) is 2.66. The lowest BCUT2D eigenvalue weighted by molar-refractivity contribution is -0.144. The van der Waals surface area contributed by atoms with E-state index < -0.39 is 17.4 Å². The monoisotopic (exact) mass is 146 g/mol. The quantitative estimate of drug-likeness (QED) is 0.458. The maximum atomic E-state index is 10.2. The molecule has 0 aromatic carbocycles. The van der Waals surface area contributed by atoms with Crippen LogP contribution in [0.25, 0.3) is 0 Å². The summed E-state index contributed by atoms with van der Waals surface area (Å²) >= 11 is 0. The summed E-state index contributed by atoms with van der Waals surface area (Å²) in [5.74, 6) is -1.95. The topological polar surface area (TPSA) is 106 Å². The molecular weight excluding hydrogens is 136 g/mol. The first-order chi connectivity index (χ1) is 4.36. The van der Waals surface area contributed by atoms with E-state index in [4.69, 9.17) is 16.6 Å². The van der Waals surface area contributed by atoms with E-state index in [2.05, 4.69) is 0 Å². The van der Waals surface area contributed by atoms with Gasteiger partial charge in [-0.15, -0.1) is 0 Å². The molecule has 0 heterocycles. The Morgan fingerprint density at radius 3 is 2.10 bits per heavy atom. The fourth-order valence-electron chi connectivity index (χ4n) is 0.438. The number of primary amides is 1. The molecule has 0 aliphatic rings. The Morgan fingerprint density at radius 1 is 1.60 bits per heavy atom. The highest BCUT2D eigenvalue weighted by Gasteiger charge is 2.29. The number of aliphatic carboxylic acids is 1. The molecule has 0 aromatic rings. The second-order valence-electron chi connectivity index (χ2n) is 2.37. The van der Waals surface area contributed by atoms with Crippen LogP contribution in [0.2, 0.25) is 0 Å². The number of carbonyl (C=O) groups excluding carboxylic acids is 1. The zero-order valence-electron chi connectivity index (χ0n) is 5.63. The van der Waals surface area contributed by atoms with Crippen molar-refractivity contribution in [1.82, 2.24) is 0 Å². The van der Waals surface area contributed by atoms with E-state index in [1.165, 1.54) is 6.92 Å². The third-order valence-electron chi connectivity index (χ3n) is 1.03. The van der Waals surface area contributed by atoms with E-state index in [1.807, 2.05) is 0 Å². The number of carboxylic acids is 1. The lowest BCUT2D eigenvalue weighted by Gasteiger charge is -2.15. The van der Waals surface area contributed by atoms with Crippen molar-refractivity contribution in [2.75, 3.05) is 0 Å². The van der Waals surface area contributed by atoms with Crippen LogP contribution in [-0.2, 0) is 9.59 Å². The van der Waals surface area contributed by atoms with E-state index in [-0.39, 0.29) is 6.42 Å². The van der Waals surface area contributed by atoms with Crippen molar-refractivity contribution in [2.45, 2.75) is 18.9 Å². The third kappa shape index (κ3) is 2.45. The molecule has 0 aliphatic carbocycles. The molecule has 0 radical (unpaired) electrons. The molecule has 5 heteroatoms. The van der Waals surface area contributed by atoms with Gasteiger partial charge in [-0.2, -0.15) is 0 Å². The molecule has 0 unspecified atom stereocenters. The Kier molecular flexibility index (Phi) is 2.36. The largest absolute Gasteiger partial charge is 0.480 e. The summed E-state index contributed by atoms with van der Waals surface area (Å²) in [6.07, 6.45) is -0.345. The van der Waals surface area contributed by atoms with Gasteiger partial charge in [0.2, 0.25) is 5.91 Å². The number of hydrogen-bond acceptors (Lipinski definition) is 3. The Hall–Kier alpha value is -1.10. The van der Waals surface area contributed by atoms with Crippen LogP contribution < -0.4 is 11.5 Å². The Balaban J connectivity index is 4.13. The van der Waals surface area contributed by atoms with Crippen LogP contribution in [0.3, 0.4) is 0 Å². The van der Waals surface area contributed by atoms with E-state index in [0.717, 1.165) is 0 Å². The van der Waals surface area contributed by atoms with E-state index in [1.54, 1.807) is 0 Å². The van der Waals surface area contributed by atoms with Crippen molar-refractivity contribution in [2.24, 2.45) is 11.5 Å². The van der Waals surface area contributed by atoms with Gasteiger partial charge in [-0.3, -0.25) is 9.59 Å². The molecular formula is C5H10N2O3. The van der Waals surface area contributed by atoms with Gasteiger partial charge in [0.15, 0.2) is 0 Å². The summed E-state index contributed by atoms with van der Waals surface area (Å²) in [5.41, 5.74) is 8.36. The Labute approximate surface area is 58.0 Å². The van der Waals surface area contributed by atoms with Crippen LogP contribution in [-0.4, -0.2) is 22.5 Å². The lowest BCUT2D eigenvalue weighted by atomic mass is 10.00. The minimum absolute atomic E-state index is 0.345. The van der Waals surface area contributed by atoms with Crippen molar-refractivity contribution in [3.8, 4) is 0 Å². The molecule has 0 fully saturated rings. The van der Waals surface area contributed by atoms with Gasteiger partial charge >= 0.3 is 5.97 Å². The lowest BCUT2D eigenvalue weighted by Crippen LogP contribution is -2.47. The Morgan fingerprint density at radius 2 is 2.00 bits per heavy atom. The minimum Gasteiger partial charge on any atom is -0.480 e. The minimum atomic E-state index is -1.54. The van der Waals surface area contributed by atoms with Crippen LogP contribution in [0.15, 0.2) is 0 Å². The molecule has 10 heavy (non-hydrogen) atoms. The summed E-state index contributed by atoms with van der Waals surface area (Å²) in [4.78, 5) is 20.4. The summed E-state index contributed by atoms with van der Waals surface area (Å²) in [6.45, 7) is 1.24. The first-order valence-electron chi connectivity index (χ1n) is 2.67. The zero-order valence-corrected chi connectivity index (χ0v) is 5.63. The van der Waals surface area contributed by atoms with Gasteiger partial charge in [0.1, 0.15) is 5.54 Å². The molecule has 5 N–H and O–H groups in total. The number of carboxylic acid groups (broad SMARTS) is 1. The highest BCUT2D eigenvalue weighted by atomic mass is 16.4. The highest BCUT2D eigenvalue weighted by molar-refractivity contribution is 5.86. The number of carbonyl (C=O) groups is 2. The first-order valence-corrected chi connectivity index (χ1v) is 2.67. The molecule has 0 saturated carbocycles. The van der Waals surface area contributed by atoms with Crippen molar-refractivity contribution in [3.05, 3.63) is 0 Å². The molecule has 0 saturated heterocycles. The molecule has 0 bridgehead atoms. The van der Waals surface area contributed by atoms with Crippen molar-refractivity contribution < 1.29 is 14.7 Å². The summed E-state index contributed by atoms with van der Waals surface area (Å²) in [7, 11) is 0. The molecule has 0 rings (SSSR count). The van der Waals surface area contributed by atoms with Gasteiger partial charge in [-0.05, 0) is 6.92 Å². The molecule has 1 amide bonds. The summed E-state index contributed by atoms with van der Waals surface area (Å²) in [6, 6.07) is 0. The summed E-state index contributed by atoms with van der Waals surface area (Å²) in [5, 5.41) is 8.36. The normalized spacial score (nSPS) is 15.8. The number of rotatable bonds is 3. The van der Waals surface area contributed by atoms with Gasteiger partial charge in [-0.25, -0.2) is 0 Å². The second-order valence-corrected chi connectivity index (χ2v) is 2.37. The SMILES string of the molecule is C[C@](N)(CC(N)=O)C(=O)O. The third-order valence-corrected chi connectivity index (χ3v) is 1.03. The molecule has 0 aromatic heterocycles. The van der Waals surface area contributed by atoms with Gasteiger partial charge in [0.05, 0.1) is 6.42 Å². The average Bonchev–Trinajstić information content (AvgIpc) is 1.60. The van der Waals surface area contributed by atoms with E-state index in [9.17, 15) is 9.59 Å². The van der Waals surface area contributed by atoms with Gasteiger partial charge in [-0.1, -0.05) is 0 Å². The Bertz CT molecular complexity index is 164. The molecule has 58 valence electrons. The number of nitrogens with two attached hydrogens (primary N) is 2. The predicted octanol–water partition coefficient (Wildman–Crippen LogP) is -1.34. The fraction of sp³-hybridized carbons (Fsp3) is 0.600. The van der Waals surface area contributed by atoms with Gasteiger partial charge in [0.25, 0.3) is 0 Å². The zero-order chi connectivity index (χ0) is 8.36. The maximum absolute atomic E-state index is 10.2. The molecule has 1 atom stereocenters. The van der Waals surface area contributed by atoms with E-state index in [0.29, 0.717) is 0 Å². The van der Waals surface area contributed by atoms with Crippen molar-refractivity contribution in [1.29, 1.82) is 0 Å². The number of hydrogen-bond donors (Lipinski definition) is 3. The average molecular weight is 146 g/mol. The standard InChI is InChI=1S/C5H10N2O3/c1-5(7,4(9)10)2-3(6)8/h2,7H2,1H3,(H2,6,8)(H,9,10)/t5-/m0/s1. The fourth-order valence-corrected chi connectivity index (χ4v) is 0.438. The smallest absolute Gasteiger partial charge is 0.323 e. The molecule has 0 aliphatic heterocycles. The number of amides is 1. The van der Waals surface area contributed by atoms with Gasteiger partial charge < -0.3 is 16.6 Å². The van der Waals surface area contributed by atoms with Crippen LogP contribution in [0, 0.1) is 0 Å². The maximum Gasteiger partial charge on any atom is 0.323 e. The highest BCUT2D eigenvalue weighted by Crippen LogP contribution is 2.03. The summed E-state index contributed by atoms with van der Waals surface area (Å²) < 4.78 is 0. The first kappa shape index (κ1) is 8.90. The van der Waals surface area contributed by atoms with Crippen LogP contribution in [0.4, 0.5) is 0 Å². The molecule has 0 spiro atoms.